The van der Waals surface area contributed by atoms with Gasteiger partial charge in [-0.05, 0) is 48.6 Å². The Balaban J connectivity index is 1.60. The molecule has 4 heterocycles. The molecule has 3 aromatic rings. The zero-order valence-corrected chi connectivity index (χ0v) is 15.8. The van der Waals surface area contributed by atoms with Crippen LogP contribution in [0.25, 0.3) is 5.78 Å². The van der Waals surface area contributed by atoms with E-state index in [2.05, 4.69) is 44.5 Å². The lowest BCUT2D eigenvalue weighted by atomic mass is 9.96. The highest BCUT2D eigenvalue weighted by Crippen LogP contribution is 2.21. The molecule has 140 valence electrons. The first-order valence-electron chi connectivity index (χ1n) is 9.20. The lowest BCUT2D eigenvalue weighted by molar-refractivity contribution is 0.0945. The van der Waals surface area contributed by atoms with Crippen molar-refractivity contribution < 1.29 is 4.79 Å². The van der Waals surface area contributed by atoms with Crippen molar-refractivity contribution in [3.05, 3.63) is 52.4 Å². The van der Waals surface area contributed by atoms with Gasteiger partial charge in [-0.2, -0.15) is 10.1 Å². The monoisotopic (exact) mass is 365 g/mol. The Bertz CT molecular complexity index is 1010. The van der Waals surface area contributed by atoms with Gasteiger partial charge in [-0.3, -0.25) is 9.78 Å². The van der Waals surface area contributed by atoms with Crippen LogP contribution in [0.3, 0.4) is 0 Å². The molecule has 1 amide bonds. The molecule has 0 aromatic carbocycles. The Morgan fingerprint density at radius 1 is 1.37 bits per heavy atom. The zero-order chi connectivity index (χ0) is 19.0. The molecule has 1 aliphatic rings. The van der Waals surface area contributed by atoms with Crippen LogP contribution in [0.4, 0.5) is 0 Å². The van der Waals surface area contributed by atoms with E-state index in [4.69, 9.17) is 0 Å². The number of hydrogen-bond acceptors (Lipinski definition) is 6. The van der Waals surface area contributed by atoms with E-state index in [1.807, 2.05) is 13.1 Å². The van der Waals surface area contributed by atoms with Crippen molar-refractivity contribution in [3.63, 3.8) is 0 Å². The van der Waals surface area contributed by atoms with Gasteiger partial charge in [0.25, 0.3) is 11.7 Å². The smallest absolute Gasteiger partial charge is 0.270 e. The minimum Gasteiger partial charge on any atom is -0.347 e. The number of pyridine rings is 1. The average molecular weight is 365 g/mol. The maximum Gasteiger partial charge on any atom is 0.270 e. The third-order valence-electron chi connectivity index (χ3n) is 5.00. The number of rotatable bonds is 4. The number of fused-ring (bicyclic) bond motifs is 2. The fraction of sp³-hybridized carbons (Fsp3) is 0.421. The van der Waals surface area contributed by atoms with Crippen molar-refractivity contribution in [2.45, 2.75) is 46.2 Å². The van der Waals surface area contributed by atoms with E-state index in [1.54, 1.807) is 10.6 Å². The summed E-state index contributed by atoms with van der Waals surface area (Å²) in [6.45, 7) is 8.31. The Labute approximate surface area is 157 Å². The van der Waals surface area contributed by atoms with E-state index in [0.29, 0.717) is 18.0 Å². The summed E-state index contributed by atoms with van der Waals surface area (Å²) >= 11 is 0. The van der Waals surface area contributed by atoms with Gasteiger partial charge in [-0.25, -0.2) is 9.50 Å². The standard InChI is InChI=1S/C19H23N7O/c1-11(2)17-6-16(25-19-23-10-24-26(17)19)18(27)22-9-15-12(3)21-8-13-7-20-5-4-14(13)15/h6,8,10-11,20H,4-5,7,9H2,1-3H3,(H,22,27). The second-order valence-corrected chi connectivity index (χ2v) is 7.13. The molecule has 0 aliphatic carbocycles. The topological polar surface area (TPSA) is 97.1 Å². The number of hydrogen-bond donors (Lipinski definition) is 2. The van der Waals surface area contributed by atoms with Gasteiger partial charge in [0.15, 0.2) is 0 Å². The van der Waals surface area contributed by atoms with Crippen molar-refractivity contribution in [1.82, 2.24) is 35.2 Å². The lowest BCUT2D eigenvalue weighted by Crippen LogP contribution is -2.29. The Kier molecular flexibility index (Phi) is 4.57. The summed E-state index contributed by atoms with van der Waals surface area (Å²) in [6.07, 6.45) is 4.33. The van der Waals surface area contributed by atoms with Crippen molar-refractivity contribution in [3.8, 4) is 0 Å². The van der Waals surface area contributed by atoms with Gasteiger partial charge in [0.2, 0.25) is 0 Å². The summed E-state index contributed by atoms with van der Waals surface area (Å²) in [5.41, 5.74) is 5.83. The van der Waals surface area contributed by atoms with E-state index in [9.17, 15) is 4.79 Å². The number of aromatic nitrogens is 5. The summed E-state index contributed by atoms with van der Waals surface area (Å²) in [6, 6.07) is 1.79. The highest BCUT2D eigenvalue weighted by atomic mass is 16.1. The Morgan fingerprint density at radius 2 is 2.22 bits per heavy atom. The lowest BCUT2D eigenvalue weighted by Gasteiger charge is -2.21. The molecule has 1 aliphatic heterocycles. The van der Waals surface area contributed by atoms with Gasteiger partial charge < -0.3 is 10.6 Å². The van der Waals surface area contributed by atoms with Crippen LogP contribution in [0.1, 0.15) is 58.3 Å². The third-order valence-corrected chi connectivity index (χ3v) is 5.00. The summed E-state index contributed by atoms with van der Waals surface area (Å²) in [7, 11) is 0. The quantitative estimate of drug-likeness (QED) is 0.728. The van der Waals surface area contributed by atoms with Crippen molar-refractivity contribution in [2.24, 2.45) is 0 Å². The number of aryl methyl sites for hydroxylation is 1. The molecule has 0 spiro atoms. The van der Waals surface area contributed by atoms with Gasteiger partial charge in [-0.15, -0.1) is 0 Å². The minimum atomic E-state index is -0.215. The van der Waals surface area contributed by atoms with Crippen LogP contribution in [0.5, 0.6) is 0 Å². The van der Waals surface area contributed by atoms with Crippen LogP contribution in [0.15, 0.2) is 18.6 Å². The zero-order valence-electron chi connectivity index (χ0n) is 15.8. The van der Waals surface area contributed by atoms with Gasteiger partial charge >= 0.3 is 0 Å². The van der Waals surface area contributed by atoms with Gasteiger partial charge in [0.1, 0.15) is 12.0 Å². The van der Waals surface area contributed by atoms with E-state index in [-0.39, 0.29) is 11.8 Å². The first kappa shape index (κ1) is 17.5. The van der Waals surface area contributed by atoms with Gasteiger partial charge in [0.05, 0.1) is 5.69 Å². The number of nitrogens with one attached hydrogen (secondary N) is 2. The molecule has 0 saturated carbocycles. The molecular weight excluding hydrogens is 342 g/mol. The highest BCUT2D eigenvalue weighted by molar-refractivity contribution is 5.92. The molecule has 0 fully saturated rings. The van der Waals surface area contributed by atoms with Crippen molar-refractivity contribution in [1.29, 1.82) is 0 Å². The van der Waals surface area contributed by atoms with E-state index >= 15 is 0 Å². The molecule has 0 radical (unpaired) electrons. The number of carbonyl (C=O) groups excluding carboxylic acids is 1. The number of nitrogens with zero attached hydrogens (tertiary/aromatic N) is 5. The molecule has 0 atom stereocenters. The van der Waals surface area contributed by atoms with E-state index < -0.39 is 0 Å². The van der Waals surface area contributed by atoms with Crippen LogP contribution in [-0.2, 0) is 19.5 Å². The number of amides is 1. The van der Waals surface area contributed by atoms with Crippen molar-refractivity contribution >= 4 is 11.7 Å². The first-order valence-corrected chi connectivity index (χ1v) is 9.20. The number of carbonyl (C=O) groups is 1. The minimum absolute atomic E-state index is 0.198. The molecule has 0 saturated heterocycles. The predicted octanol–water partition coefficient (Wildman–Crippen LogP) is 1.53. The maximum absolute atomic E-state index is 12.8. The second kappa shape index (κ2) is 7.03. The second-order valence-electron chi connectivity index (χ2n) is 7.13. The summed E-state index contributed by atoms with van der Waals surface area (Å²) in [5.74, 6) is 0.421. The van der Waals surface area contributed by atoms with Crippen LogP contribution < -0.4 is 10.6 Å². The van der Waals surface area contributed by atoms with E-state index in [1.165, 1.54) is 17.5 Å². The Hall–Kier alpha value is -2.87. The SMILES string of the molecule is Cc1ncc2c(c1CNC(=O)c1cc(C(C)C)n3ncnc3n1)CCNC2. The highest BCUT2D eigenvalue weighted by Gasteiger charge is 2.18. The average Bonchev–Trinajstić information content (AvgIpc) is 3.14. The van der Waals surface area contributed by atoms with Crippen molar-refractivity contribution in [2.75, 3.05) is 6.54 Å². The first-order chi connectivity index (χ1) is 13.0. The van der Waals surface area contributed by atoms with Crippen LogP contribution in [-0.4, -0.2) is 37.0 Å². The van der Waals surface area contributed by atoms with Gasteiger partial charge in [0, 0.05) is 25.0 Å². The molecule has 2 N–H and O–H groups in total. The van der Waals surface area contributed by atoms with Crippen LogP contribution in [0, 0.1) is 6.92 Å². The normalized spacial score (nSPS) is 13.8. The fourth-order valence-electron chi connectivity index (χ4n) is 3.50. The molecule has 8 nitrogen and oxygen atoms in total. The summed E-state index contributed by atoms with van der Waals surface area (Å²) in [4.78, 5) is 25.8. The third kappa shape index (κ3) is 3.28. The van der Waals surface area contributed by atoms with E-state index in [0.717, 1.165) is 36.5 Å². The largest absolute Gasteiger partial charge is 0.347 e. The molecular formula is C19H23N7O. The van der Waals surface area contributed by atoms with Gasteiger partial charge in [-0.1, -0.05) is 13.8 Å². The Morgan fingerprint density at radius 3 is 3.04 bits per heavy atom. The molecule has 4 rings (SSSR count). The fourth-order valence-corrected chi connectivity index (χ4v) is 3.50. The molecule has 0 unspecified atom stereocenters. The molecule has 3 aromatic heterocycles. The summed E-state index contributed by atoms with van der Waals surface area (Å²) < 4.78 is 1.68. The van der Waals surface area contributed by atoms with Crippen LogP contribution in [0.2, 0.25) is 0 Å². The van der Waals surface area contributed by atoms with Crippen LogP contribution >= 0.6 is 0 Å². The summed E-state index contributed by atoms with van der Waals surface area (Å²) in [5, 5.41) is 10.6. The molecule has 27 heavy (non-hydrogen) atoms. The predicted molar refractivity (Wildman–Crippen MR) is 100 cm³/mol. The maximum atomic E-state index is 12.8. The molecule has 0 bridgehead atoms. The molecule has 8 heteroatoms.